The maximum absolute atomic E-state index is 12.1. The van der Waals surface area contributed by atoms with Crippen LogP contribution in [0.2, 0.25) is 0 Å². The minimum Gasteiger partial charge on any atom is -0.494 e. The standard InChI is InChI=1S/C19H33N3O2S/c1-7-20-18(21-11-12-25(23)19(4,5)6)22-14-16-10-9-15(3)13-17(16)24-8-2/h9-10,13H,7-8,11-12,14H2,1-6H3,(H2,20,21,22). The van der Waals surface area contributed by atoms with Gasteiger partial charge in [-0.1, -0.05) is 12.1 Å². The minimum atomic E-state index is -0.872. The Morgan fingerprint density at radius 3 is 2.56 bits per heavy atom. The third-order valence-electron chi connectivity index (χ3n) is 3.54. The van der Waals surface area contributed by atoms with E-state index in [4.69, 9.17) is 4.74 Å². The fourth-order valence-corrected chi connectivity index (χ4v) is 3.06. The van der Waals surface area contributed by atoms with Gasteiger partial charge in [0.1, 0.15) is 5.75 Å². The van der Waals surface area contributed by atoms with Crippen molar-refractivity contribution in [2.24, 2.45) is 4.99 Å². The summed E-state index contributed by atoms with van der Waals surface area (Å²) in [6, 6.07) is 6.17. The summed E-state index contributed by atoms with van der Waals surface area (Å²) in [5.41, 5.74) is 2.23. The summed E-state index contributed by atoms with van der Waals surface area (Å²) in [6.45, 7) is 14.6. The summed E-state index contributed by atoms with van der Waals surface area (Å²) in [5, 5.41) is 6.49. The predicted molar refractivity (Wildman–Crippen MR) is 108 cm³/mol. The molecule has 0 spiro atoms. The van der Waals surface area contributed by atoms with E-state index < -0.39 is 10.8 Å². The monoisotopic (exact) mass is 367 g/mol. The van der Waals surface area contributed by atoms with Crippen molar-refractivity contribution in [3.8, 4) is 5.75 Å². The highest BCUT2D eigenvalue weighted by atomic mass is 32.2. The van der Waals surface area contributed by atoms with Gasteiger partial charge in [-0.05, 0) is 53.2 Å². The normalized spacial score (nSPS) is 13.4. The van der Waals surface area contributed by atoms with Crippen LogP contribution in [0.4, 0.5) is 0 Å². The summed E-state index contributed by atoms with van der Waals surface area (Å²) in [7, 11) is -0.872. The fourth-order valence-electron chi connectivity index (χ4n) is 2.16. The molecular formula is C19H33N3O2S. The molecule has 0 aliphatic carbocycles. The molecule has 0 aromatic heterocycles. The quantitative estimate of drug-likeness (QED) is 0.548. The van der Waals surface area contributed by atoms with Gasteiger partial charge >= 0.3 is 0 Å². The molecule has 0 aliphatic rings. The summed E-state index contributed by atoms with van der Waals surface area (Å²) < 4.78 is 17.6. The zero-order valence-corrected chi connectivity index (χ0v) is 17.3. The van der Waals surface area contributed by atoms with Crippen LogP contribution >= 0.6 is 0 Å². The predicted octanol–water partition coefficient (Wildman–Crippen LogP) is 3.00. The lowest BCUT2D eigenvalue weighted by Crippen LogP contribution is -2.40. The molecule has 0 bridgehead atoms. The van der Waals surface area contributed by atoms with E-state index in [1.54, 1.807) is 0 Å². The molecule has 0 saturated carbocycles. The first-order valence-corrected chi connectivity index (χ1v) is 10.2. The molecule has 1 aromatic carbocycles. The Kier molecular flexibility index (Phi) is 8.97. The van der Waals surface area contributed by atoms with Crippen molar-refractivity contribution in [3.05, 3.63) is 29.3 Å². The highest BCUT2D eigenvalue weighted by Gasteiger charge is 2.18. The van der Waals surface area contributed by atoms with Crippen LogP contribution in [0.25, 0.3) is 0 Å². The van der Waals surface area contributed by atoms with Crippen LogP contribution < -0.4 is 15.4 Å². The van der Waals surface area contributed by atoms with Gasteiger partial charge in [0.2, 0.25) is 0 Å². The highest BCUT2D eigenvalue weighted by molar-refractivity contribution is 7.86. The Hall–Kier alpha value is -1.56. The number of hydrogen-bond acceptors (Lipinski definition) is 3. The van der Waals surface area contributed by atoms with Gasteiger partial charge < -0.3 is 15.4 Å². The number of ether oxygens (including phenoxy) is 1. The Balaban J connectivity index is 2.71. The zero-order chi connectivity index (χ0) is 18.9. The molecule has 0 aliphatic heterocycles. The Morgan fingerprint density at radius 2 is 1.96 bits per heavy atom. The van der Waals surface area contributed by atoms with E-state index in [1.807, 2.05) is 40.7 Å². The number of hydrogen-bond donors (Lipinski definition) is 2. The molecule has 0 heterocycles. The largest absolute Gasteiger partial charge is 0.494 e. The molecule has 5 nitrogen and oxygen atoms in total. The number of benzene rings is 1. The molecule has 2 N–H and O–H groups in total. The van der Waals surface area contributed by atoms with Crippen LogP contribution in [-0.2, 0) is 17.3 Å². The van der Waals surface area contributed by atoms with Gasteiger partial charge in [-0.25, -0.2) is 4.99 Å². The van der Waals surface area contributed by atoms with Crippen molar-refractivity contribution < 1.29 is 8.95 Å². The van der Waals surface area contributed by atoms with Crippen LogP contribution in [0.5, 0.6) is 5.75 Å². The number of aryl methyl sites for hydroxylation is 1. The van der Waals surface area contributed by atoms with Crippen molar-refractivity contribution in [2.75, 3.05) is 25.4 Å². The Labute approximate surface area is 155 Å². The number of aliphatic imine (C=N–C) groups is 1. The molecule has 1 aromatic rings. The summed E-state index contributed by atoms with van der Waals surface area (Å²) in [5.74, 6) is 2.22. The number of nitrogens with one attached hydrogen (secondary N) is 2. The van der Waals surface area contributed by atoms with Gasteiger partial charge in [0.05, 0.1) is 13.2 Å². The topological polar surface area (TPSA) is 62.7 Å². The summed E-state index contributed by atoms with van der Waals surface area (Å²) >= 11 is 0. The molecule has 0 saturated heterocycles. The highest BCUT2D eigenvalue weighted by Crippen LogP contribution is 2.21. The molecule has 1 unspecified atom stereocenters. The van der Waals surface area contributed by atoms with Gasteiger partial charge in [-0.2, -0.15) is 0 Å². The minimum absolute atomic E-state index is 0.189. The average molecular weight is 368 g/mol. The first-order chi connectivity index (χ1) is 11.8. The fraction of sp³-hybridized carbons (Fsp3) is 0.632. The zero-order valence-electron chi connectivity index (χ0n) is 16.4. The maximum atomic E-state index is 12.1. The summed E-state index contributed by atoms with van der Waals surface area (Å²) in [6.07, 6.45) is 0. The lowest BCUT2D eigenvalue weighted by molar-refractivity contribution is 0.336. The van der Waals surface area contributed by atoms with Crippen LogP contribution in [-0.4, -0.2) is 40.4 Å². The molecule has 0 amide bonds. The molecule has 1 atom stereocenters. The molecule has 25 heavy (non-hydrogen) atoms. The van der Waals surface area contributed by atoms with Crippen molar-refractivity contribution >= 4 is 16.8 Å². The first kappa shape index (κ1) is 21.5. The molecular weight excluding hydrogens is 334 g/mol. The van der Waals surface area contributed by atoms with E-state index in [2.05, 4.69) is 34.7 Å². The van der Waals surface area contributed by atoms with E-state index >= 15 is 0 Å². The van der Waals surface area contributed by atoms with Crippen molar-refractivity contribution in [3.63, 3.8) is 0 Å². The third-order valence-corrected chi connectivity index (χ3v) is 5.48. The lowest BCUT2D eigenvalue weighted by Gasteiger charge is -2.18. The SMILES string of the molecule is CCNC(=NCc1ccc(C)cc1OCC)NCCS(=O)C(C)(C)C. The van der Waals surface area contributed by atoms with Crippen molar-refractivity contribution in [2.45, 2.75) is 52.8 Å². The third kappa shape index (κ3) is 7.90. The average Bonchev–Trinajstić information content (AvgIpc) is 2.53. The smallest absolute Gasteiger partial charge is 0.191 e. The van der Waals surface area contributed by atoms with Crippen LogP contribution in [0, 0.1) is 6.92 Å². The second-order valence-electron chi connectivity index (χ2n) is 6.83. The maximum Gasteiger partial charge on any atom is 0.191 e. The molecule has 6 heteroatoms. The Bertz CT molecular complexity index is 595. The number of rotatable bonds is 8. The van der Waals surface area contributed by atoms with E-state index in [9.17, 15) is 4.21 Å². The van der Waals surface area contributed by atoms with Crippen LogP contribution in [0.1, 0.15) is 45.7 Å². The molecule has 1 rings (SSSR count). The Morgan fingerprint density at radius 1 is 1.24 bits per heavy atom. The van der Waals surface area contributed by atoms with Crippen molar-refractivity contribution in [1.29, 1.82) is 0 Å². The molecule has 0 radical (unpaired) electrons. The van der Waals surface area contributed by atoms with E-state index in [0.29, 0.717) is 25.4 Å². The van der Waals surface area contributed by atoms with E-state index in [1.165, 1.54) is 5.56 Å². The van der Waals surface area contributed by atoms with Crippen LogP contribution in [0.3, 0.4) is 0 Å². The second-order valence-corrected chi connectivity index (χ2v) is 9.15. The van der Waals surface area contributed by atoms with Gasteiger partial charge in [0.25, 0.3) is 0 Å². The van der Waals surface area contributed by atoms with Gasteiger partial charge in [0, 0.05) is 40.0 Å². The second kappa shape index (κ2) is 10.4. The van der Waals surface area contributed by atoms with Gasteiger partial charge in [-0.3, -0.25) is 4.21 Å². The first-order valence-electron chi connectivity index (χ1n) is 8.91. The van der Waals surface area contributed by atoms with Crippen LogP contribution in [0.15, 0.2) is 23.2 Å². The van der Waals surface area contributed by atoms with E-state index in [-0.39, 0.29) is 4.75 Å². The van der Waals surface area contributed by atoms with Crippen molar-refractivity contribution in [1.82, 2.24) is 10.6 Å². The molecule has 142 valence electrons. The van der Waals surface area contributed by atoms with Gasteiger partial charge in [0.15, 0.2) is 5.96 Å². The van der Waals surface area contributed by atoms with Gasteiger partial charge in [-0.15, -0.1) is 0 Å². The number of nitrogens with zero attached hydrogens (tertiary/aromatic N) is 1. The molecule has 0 fully saturated rings. The number of guanidine groups is 1. The lowest BCUT2D eigenvalue weighted by atomic mass is 10.1. The van der Waals surface area contributed by atoms with E-state index in [0.717, 1.165) is 23.8 Å². The summed E-state index contributed by atoms with van der Waals surface area (Å²) in [4.78, 5) is 4.63.